The lowest BCUT2D eigenvalue weighted by Crippen LogP contribution is -2.62. The summed E-state index contributed by atoms with van der Waals surface area (Å²) in [5.41, 5.74) is 4.11. The summed E-state index contributed by atoms with van der Waals surface area (Å²) in [6.45, 7) is 3.99. The molecule has 14 nitrogen and oxygen atoms in total. The fraction of sp³-hybridized carbons (Fsp3) is 0.714. The van der Waals surface area contributed by atoms with Crippen molar-refractivity contribution >= 4 is 23.8 Å². The number of amides is 1. The van der Waals surface area contributed by atoms with Crippen LogP contribution in [0, 0.1) is 0 Å². The van der Waals surface area contributed by atoms with Crippen LogP contribution in [0.5, 0.6) is 0 Å². The van der Waals surface area contributed by atoms with Gasteiger partial charge in [0.25, 0.3) is 0 Å². The quantitative estimate of drug-likeness (QED) is 0.109. The van der Waals surface area contributed by atoms with Gasteiger partial charge in [-0.2, -0.15) is 0 Å². The van der Waals surface area contributed by atoms with Gasteiger partial charge in [0.15, 0.2) is 0 Å². The Hall–Kier alpha value is -2.62. The lowest BCUT2D eigenvalue weighted by molar-refractivity contribution is -0.142. The van der Waals surface area contributed by atoms with Crippen LogP contribution in [0.25, 0.3) is 0 Å². The van der Waals surface area contributed by atoms with E-state index in [9.17, 15) is 34.5 Å². The van der Waals surface area contributed by atoms with Crippen molar-refractivity contribution in [3.63, 3.8) is 0 Å². The summed E-state index contributed by atoms with van der Waals surface area (Å²) >= 11 is 0. The normalized spacial score (nSPS) is 21.5. The largest absolute Gasteiger partial charge is 0.480 e. The number of carboxylic acids is 3. The van der Waals surface area contributed by atoms with E-state index in [0.717, 1.165) is 0 Å². The highest BCUT2D eigenvalue weighted by Gasteiger charge is 2.44. The molecule has 0 bridgehead atoms. The summed E-state index contributed by atoms with van der Waals surface area (Å²) in [5.74, 6) is -4.20. The number of aliphatic hydroxyl groups excluding tert-OH is 1. The summed E-state index contributed by atoms with van der Waals surface area (Å²) in [6.07, 6.45) is 0.0526. The minimum atomic E-state index is -1.40. The molecule has 0 spiro atoms. The zero-order valence-corrected chi connectivity index (χ0v) is 19.9. The van der Waals surface area contributed by atoms with Crippen molar-refractivity contribution in [2.45, 2.75) is 12.0 Å². The maximum absolute atomic E-state index is 12.3. The minimum Gasteiger partial charge on any atom is -0.480 e. The van der Waals surface area contributed by atoms with Crippen LogP contribution in [0.1, 0.15) is 6.42 Å². The lowest BCUT2D eigenvalue weighted by atomic mass is 9.83. The number of carbonyl (C=O) groups excluding carboxylic acids is 1. The van der Waals surface area contributed by atoms with Crippen LogP contribution >= 0.6 is 0 Å². The zero-order valence-electron chi connectivity index (χ0n) is 19.9. The first-order valence-electron chi connectivity index (χ1n) is 11.3. The highest BCUT2D eigenvalue weighted by Crippen LogP contribution is 2.30. The van der Waals surface area contributed by atoms with Crippen molar-refractivity contribution in [1.29, 1.82) is 0 Å². The second kappa shape index (κ2) is 15.4. The van der Waals surface area contributed by atoms with E-state index >= 15 is 0 Å². The molecule has 1 aliphatic rings. The molecule has 0 aromatic rings. The van der Waals surface area contributed by atoms with E-state index in [1.54, 1.807) is 4.90 Å². The van der Waals surface area contributed by atoms with E-state index in [1.165, 1.54) is 9.80 Å². The first-order chi connectivity index (χ1) is 16.5. The fourth-order valence-electron chi connectivity index (χ4n) is 4.11. The molecule has 7 N–H and O–H groups in total. The van der Waals surface area contributed by atoms with Crippen molar-refractivity contribution in [3.05, 3.63) is 12.2 Å². The number of aliphatic carboxylic acids is 3. The van der Waals surface area contributed by atoms with Crippen LogP contribution in [0.15, 0.2) is 12.2 Å². The van der Waals surface area contributed by atoms with Gasteiger partial charge in [-0.05, 0) is 6.42 Å². The number of nitrogens with one attached hydrogen (secondary N) is 1. The van der Waals surface area contributed by atoms with Crippen LogP contribution in [-0.2, 0) is 23.9 Å². The van der Waals surface area contributed by atoms with Crippen LogP contribution in [-0.4, -0.2) is 150 Å². The molecule has 1 unspecified atom stereocenters. The molecular weight excluding hydrogens is 466 g/mol. The summed E-state index contributed by atoms with van der Waals surface area (Å²) in [7, 11) is 0. The van der Waals surface area contributed by atoms with Gasteiger partial charge in [-0.3, -0.25) is 33.9 Å². The molecule has 0 saturated carbocycles. The third kappa shape index (κ3) is 10.7. The van der Waals surface area contributed by atoms with Crippen molar-refractivity contribution in [1.82, 2.24) is 20.0 Å². The number of nitrogens with zero attached hydrogens (tertiary/aromatic N) is 3. The van der Waals surface area contributed by atoms with E-state index in [0.29, 0.717) is 19.6 Å². The third-order valence-corrected chi connectivity index (χ3v) is 5.78. The average Bonchev–Trinajstić information content (AvgIpc) is 2.75. The number of rotatable bonds is 13. The molecule has 0 aromatic carbocycles. The van der Waals surface area contributed by atoms with Gasteiger partial charge >= 0.3 is 17.9 Å². The van der Waals surface area contributed by atoms with Crippen molar-refractivity contribution in [2.24, 2.45) is 5.73 Å². The summed E-state index contributed by atoms with van der Waals surface area (Å²) in [6, 6.07) is 0. The van der Waals surface area contributed by atoms with E-state index in [1.807, 2.05) is 0 Å². The van der Waals surface area contributed by atoms with E-state index in [2.05, 4.69) is 11.9 Å². The molecule has 0 aromatic heterocycles. The molecule has 1 fully saturated rings. The van der Waals surface area contributed by atoms with Gasteiger partial charge in [0.05, 0.1) is 38.4 Å². The van der Waals surface area contributed by atoms with Crippen LogP contribution < -0.4 is 11.1 Å². The highest BCUT2D eigenvalue weighted by molar-refractivity contribution is 5.94. The van der Waals surface area contributed by atoms with Crippen LogP contribution in [0.2, 0.25) is 0 Å². The lowest BCUT2D eigenvalue weighted by Gasteiger charge is -2.47. The van der Waals surface area contributed by atoms with Gasteiger partial charge in [-0.25, -0.2) is 0 Å². The molecule has 1 heterocycles. The number of hydrogen-bond donors (Lipinski definition) is 6. The Bertz CT molecular complexity index is 751. The monoisotopic (exact) mass is 503 g/mol. The molecule has 0 radical (unpaired) electrons. The number of ether oxygens (including phenoxy) is 1. The maximum atomic E-state index is 12.3. The van der Waals surface area contributed by atoms with Gasteiger partial charge < -0.3 is 36.2 Å². The molecule has 1 amide bonds. The van der Waals surface area contributed by atoms with E-state index in [-0.39, 0.29) is 64.5 Å². The van der Waals surface area contributed by atoms with E-state index in [4.69, 9.17) is 15.6 Å². The maximum Gasteiger partial charge on any atom is 0.317 e. The number of carboxylic acid groups (broad SMARTS) is 3. The second-order valence-electron chi connectivity index (χ2n) is 8.30. The Labute approximate surface area is 203 Å². The van der Waals surface area contributed by atoms with Crippen molar-refractivity contribution < 1.29 is 44.3 Å². The van der Waals surface area contributed by atoms with Crippen molar-refractivity contribution in [3.8, 4) is 0 Å². The SMILES string of the molecule is C=C(C(N)=O)C1(CCOCCO)CN(CC(=O)O)CCN(CC(=O)O)CCNCCN1CC(=O)O. The molecule has 1 rings (SSSR count). The number of primary amides is 1. The Kier molecular flexibility index (Phi) is 13.4. The fourth-order valence-corrected chi connectivity index (χ4v) is 4.11. The predicted octanol–water partition coefficient (Wildman–Crippen LogP) is -3.07. The summed E-state index contributed by atoms with van der Waals surface area (Å²) < 4.78 is 5.40. The smallest absolute Gasteiger partial charge is 0.317 e. The number of nitrogens with two attached hydrogens (primary N) is 1. The van der Waals surface area contributed by atoms with Crippen molar-refractivity contribution in [2.75, 3.05) is 85.3 Å². The average molecular weight is 504 g/mol. The molecule has 0 aliphatic carbocycles. The molecule has 1 aliphatic heterocycles. The van der Waals surface area contributed by atoms with Gasteiger partial charge in [-0.15, -0.1) is 0 Å². The van der Waals surface area contributed by atoms with Crippen LogP contribution in [0.4, 0.5) is 0 Å². The molecular formula is C21H37N5O9. The van der Waals surface area contributed by atoms with Gasteiger partial charge in [0, 0.05) is 58.0 Å². The number of carbonyl (C=O) groups is 4. The molecule has 1 saturated heterocycles. The topological polar surface area (TPSA) is 206 Å². The van der Waals surface area contributed by atoms with Gasteiger partial charge in [-0.1, -0.05) is 6.58 Å². The van der Waals surface area contributed by atoms with Crippen LogP contribution in [0.3, 0.4) is 0 Å². The zero-order chi connectivity index (χ0) is 26.4. The third-order valence-electron chi connectivity index (χ3n) is 5.78. The van der Waals surface area contributed by atoms with E-state index < -0.39 is 42.4 Å². The first kappa shape index (κ1) is 30.4. The summed E-state index contributed by atoms with van der Waals surface area (Å²) in [5, 5.41) is 40.5. The van der Waals surface area contributed by atoms with Gasteiger partial charge in [0.1, 0.15) is 0 Å². The second-order valence-corrected chi connectivity index (χ2v) is 8.30. The Morgan fingerprint density at radius 2 is 1.46 bits per heavy atom. The number of aliphatic hydroxyl groups is 1. The Balaban J connectivity index is 3.48. The minimum absolute atomic E-state index is 0.0163. The summed E-state index contributed by atoms with van der Waals surface area (Å²) in [4.78, 5) is 51.7. The standard InChI is InChI=1S/C21H37N5O9/c1-16(20(22)34)21(2-10-35-11-9-27)15-25(13-18(30)31)8-7-24(12-17(28)29)5-3-23-4-6-26(21)14-19(32)33/h23,27H,1-15H2,(H2,22,34)(H,28,29)(H,30,31)(H,32,33). The molecule has 14 heteroatoms. The highest BCUT2D eigenvalue weighted by atomic mass is 16.5. The molecule has 35 heavy (non-hydrogen) atoms. The first-order valence-corrected chi connectivity index (χ1v) is 11.3. The predicted molar refractivity (Wildman–Crippen MR) is 124 cm³/mol. The Morgan fingerprint density at radius 3 is 2.03 bits per heavy atom. The van der Waals surface area contributed by atoms with Gasteiger partial charge in [0.2, 0.25) is 5.91 Å². The molecule has 200 valence electrons. The Morgan fingerprint density at radius 1 is 0.886 bits per heavy atom. The number of hydrogen-bond acceptors (Lipinski definition) is 10. The molecule has 1 atom stereocenters.